The second-order valence-electron chi connectivity index (χ2n) is 3.03. The summed E-state index contributed by atoms with van der Waals surface area (Å²) in [6.45, 7) is 5.60. The molecule has 16 heavy (non-hydrogen) atoms. The van der Waals surface area contributed by atoms with Gasteiger partial charge in [-0.15, -0.1) is 0 Å². The van der Waals surface area contributed by atoms with E-state index in [-0.39, 0.29) is 18.2 Å². The first kappa shape index (κ1) is 14.4. The van der Waals surface area contributed by atoms with Crippen molar-refractivity contribution in [1.82, 2.24) is 5.01 Å². The van der Waals surface area contributed by atoms with E-state index in [4.69, 9.17) is 9.47 Å². The molecular formula is C10H18N2O4. The lowest BCUT2D eigenvalue weighted by atomic mass is 10.4. The highest BCUT2D eigenvalue weighted by molar-refractivity contribution is 6.35. The normalized spacial score (nSPS) is 10.9. The summed E-state index contributed by atoms with van der Waals surface area (Å²) in [6.07, 6.45) is 0. The van der Waals surface area contributed by atoms with Crippen LogP contribution in [0.3, 0.4) is 0 Å². The van der Waals surface area contributed by atoms with Gasteiger partial charge in [-0.25, -0.2) is 4.79 Å². The Morgan fingerprint density at radius 2 is 1.75 bits per heavy atom. The monoisotopic (exact) mass is 230 g/mol. The molecule has 0 spiro atoms. The van der Waals surface area contributed by atoms with E-state index in [1.807, 2.05) is 0 Å². The molecule has 0 saturated carbocycles. The predicted molar refractivity (Wildman–Crippen MR) is 59.0 cm³/mol. The smallest absolute Gasteiger partial charge is 0.354 e. The standard InChI is InChI=1S/C10H18N2O4/c1-5-15-9(13)7-12(4)11-8(3)10(14)16-6-2/h5-7H2,1-4H3/b11-8-. The molecule has 0 aliphatic heterocycles. The third-order valence-corrected chi connectivity index (χ3v) is 1.55. The van der Waals surface area contributed by atoms with Crippen molar-refractivity contribution in [3.8, 4) is 0 Å². The third kappa shape index (κ3) is 6.00. The van der Waals surface area contributed by atoms with Gasteiger partial charge in [-0.2, -0.15) is 5.10 Å². The van der Waals surface area contributed by atoms with Crippen molar-refractivity contribution >= 4 is 17.7 Å². The van der Waals surface area contributed by atoms with Gasteiger partial charge in [0.2, 0.25) is 0 Å². The van der Waals surface area contributed by atoms with Crippen molar-refractivity contribution in [1.29, 1.82) is 0 Å². The molecule has 0 aromatic heterocycles. The fourth-order valence-electron chi connectivity index (χ4n) is 0.961. The number of carbonyl (C=O) groups excluding carboxylic acids is 2. The topological polar surface area (TPSA) is 68.2 Å². The molecule has 0 amide bonds. The van der Waals surface area contributed by atoms with E-state index in [1.54, 1.807) is 20.9 Å². The number of likely N-dealkylation sites (N-methyl/N-ethyl adjacent to an activating group) is 1. The van der Waals surface area contributed by atoms with Gasteiger partial charge in [0.15, 0.2) is 0 Å². The second-order valence-corrected chi connectivity index (χ2v) is 3.03. The summed E-state index contributed by atoms with van der Waals surface area (Å²) >= 11 is 0. The average molecular weight is 230 g/mol. The number of carbonyl (C=O) groups is 2. The van der Waals surface area contributed by atoms with Crippen LogP contribution in [-0.2, 0) is 19.1 Å². The quantitative estimate of drug-likeness (QED) is 0.376. The van der Waals surface area contributed by atoms with Crippen LogP contribution in [0.25, 0.3) is 0 Å². The molecule has 0 atom stereocenters. The van der Waals surface area contributed by atoms with Gasteiger partial charge in [0.25, 0.3) is 0 Å². The summed E-state index contributed by atoms with van der Waals surface area (Å²) in [4.78, 5) is 22.3. The van der Waals surface area contributed by atoms with E-state index in [9.17, 15) is 9.59 Å². The summed E-state index contributed by atoms with van der Waals surface area (Å²) in [5, 5.41) is 5.23. The van der Waals surface area contributed by atoms with Crippen LogP contribution in [0.1, 0.15) is 20.8 Å². The highest BCUT2D eigenvalue weighted by Crippen LogP contribution is 1.91. The van der Waals surface area contributed by atoms with Crippen LogP contribution >= 0.6 is 0 Å². The molecule has 6 nitrogen and oxygen atoms in total. The van der Waals surface area contributed by atoms with Gasteiger partial charge in [-0.3, -0.25) is 9.80 Å². The Bertz CT molecular complexity index is 276. The Hall–Kier alpha value is -1.59. The second kappa shape index (κ2) is 7.67. The molecule has 0 unspecified atom stereocenters. The van der Waals surface area contributed by atoms with Crippen LogP contribution in [-0.4, -0.2) is 49.5 Å². The average Bonchev–Trinajstić information content (AvgIpc) is 2.17. The number of hydrogen-bond acceptors (Lipinski definition) is 6. The molecule has 0 fully saturated rings. The lowest BCUT2D eigenvalue weighted by Crippen LogP contribution is -2.26. The molecule has 0 saturated heterocycles. The summed E-state index contributed by atoms with van der Waals surface area (Å²) in [5.41, 5.74) is 0.202. The maximum atomic E-state index is 11.2. The summed E-state index contributed by atoms with van der Waals surface area (Å²) in [7, 11) is 1.58. The first-order valence-electron chi connectivity index (χ1n) is 5.10. The predicted octanol–water partition coefficient (Wildman–Crippen LogP) is 0.420. The Morgan fingerprint density at radius 1 is 1.19 bits per heavy atom. The molecule has 0 rings (SSSR count). The van der Waals surface area contributed by atoms with Crippen molar-refractivity contribution in [3.63, 3.8) is 0 Å². The van der Waals surface area contributed by atoms with Crippen molar-refractivity contribution in [2.24, 2.45) is 5.10 Å². The zero-order valence-electron chi connectivity index (χ0n) is 10.1. The van der Waals surface area contributed by atoms with E-state index >= 15 is 0 Å². The first-order valence-corrected chi connectivity index (χ1v) is 5.10. The van der Waals surface area contributed by atoms with Crippen LogP contribution in [0.5, 0.6) is 0 Å². The summed E-state index contributed by atoms with van der Waals surface area (Å²) < 4.78 is 9.48. The minimum absolute atomic E-state index is 0.00455. The molecule has 0 aromatic carbocycles. The molecule has 0 aliphatic rings. The Labute approximate surface area is 95.2 Å². The molecule has 92 valence electrons. The highest BCUT2D eigenvalue weighted by atomic mass is 16.5. The van der Waals surface area contributed by atoms with Crippen molar-refractivity contribution in [2.45, 2.75) is 20.8 Å². The van der Waals surface area contributed by atoms with Gasteiger partial charge in [-0.1, -0.05) is 0 Å². The lowest BCUT2D eigenvalue weighted by Gasteiger charge is -2.12. The molecule has 0 bridgehead atoms. The molecule has 0 radical (unpaired) electrons. The van der Waals surface area contributed by atoms with Crippen LogP contribution in [0, 0.1) is 0 Å². The van der Waals surface area contributed by atoms with Gasteiger partial charge in [-0.05, 0) is 20.8 Å². The molecule has 0 aromatic rings. The van der Waals surface area contributed by atoms with E-state index < -0.39 is 5.97 Å². The number of nitrogens with zero attached hydrogens (tertiary/aromatic N) is 2. The van der Waals surface area contributed by atoms with Gasteiger partial charge >= 0.3 is 11.9 Å². The van der Waals surface area contributed by atoms with E-state index in [1.165, 1.54) is 11.9 Å². The molecule has 0 heterocycles. The largest absolute Gasteiger partial charge is 0.465 e. The number of rotatable bonds is 6. The zero-order valence-corrected chi connectivity index (χ0v) is 10.1. The van der Waals surface area contributed by atoms with Crippen molar-refractivity contribution < 1.29 is 19.1 Å². The van der Waals surface area contributed by atoms with E-state index in [0.29, 0.717) is 13.2 Å². The molecule has 0 aliphatic carbocycles. The van der Waals surface area contributed by atoms with Crippen LogP contribution in [0.15, 0.2) is 5.10 Å². The SMILES string of the molecule is CCOC(=O)CN(C)/N=C(/C)C(=O)OCC. The molecular weight excluding hydrogens is 212 g/mol. The number of esters is 2. The lowest BCUT2D eigenvalue weighted by molar-refractivity contribution is -0.144. The van der Waals surface area contributed by atoms with Gasteiger partial charge < -0.3 is 9.47 Å². The highest BCUT2D eigenvalue weighted by Gasteiger charge is 2.10. The van der Waals surface area contributed by atoms with Gasteiger partial charge in [0.05, 0.1) is 13.2 Å². The maximum absolute atomic E-state index is 11.2. The Kier molecular flexibility index (Phi) is 6.91. The van der Waals surface area contributed by atoms with Crippen LogP contribution in [0.2, 0.25) is 0 Å². The third-order valence-electron chi connectivity index (χ3n) is 1.55. The Morgan fingerprint density at radius 3 is 2.25 bits per heavy atom. The summed E-state index contributed by atoms with van der Waals surface area (Å²) in [5.74, 6) is -0.872. The van der Waals surface area contributed by atoms with Crippen molar-refractivity contribution in [2.75, 3.05) is 26.8 Å². The zero-order chi connectivity index (χ0) is 12.6. The molecule has 6 heteroatoms. The number of hydrazone groups is 1. The number of hydrogen-bond donors (Lipinski definition) is 0. The fourth-order valence-corrected chi connectivity index (χ4v) is 0.961. The maximum Gasteiger partial charge on any atom is 0.354 e. The van der Waals surface area contributed by atoms with Gasteiger partial charge in [0, 0.05) is 7.05 Å². The van der Waals surface area contributed by atoms with Gasteiger partial charge in [0.1, 0.15) is 12.3 Å². The minimum atomic E-state index is -0.488. The molecule has 0 N–H and O–H groups in total. The van der Waals surface area contributed by atoms with Crippen LogP contribution in [0.4, 0.5) is 0 Å². The fraction of sp³-hybridized carbons (Fsp3) is 0.700. The summed E-state index contributed by atoms with van der Waals surface area (Å²) in [6, 6.07) is 0. The Balaban J connectivity index is 4.19. The van der Waals surface area contributed by atoms with Crippen molar-refractivity contribution in [3.05, 3.63) is 0 Å². The van der Waals surface area contributed by atoms with E-state index in [0.717, 1.165) is 0 Å². The van der Waals surface area contributed by atoms with Crippen LogP contribution < -0.4 is 0 Å². The minimum Gasteiger partial charge on any atom is -0.465 e. The first-order chi connectivity index (χ1) is 7.51. The number of ether oxygens (including phenoxy) is 2. The van der Waals surface area contributed by atoms with E-state index in [2.05, 4.69) is 5.10 Å².